The highest BCUT2D eigenvalue weighted by atomic mass is 27.2. The summed E-state index contributed by atoms with van der Waals surface area (Å²) in [5.74, 6) is -11.1. The molecule has 3 aromatic carbocycles. The van der Waals surface area contributed by atoms with E-state index >= 15 is 0 Å². The average molecular weight is 416 g/mol. The molecule has 0 saturated heterocycles. The highest BCUT2D eigenvalue weighted by Gasteiger charge is 2.36. The fourth-order valence-corrected chi connectivity index (χ4v) is 6.38. The van der Waals surface area contributed by atoms with Crippen molar-refractivity contribution < 1.29 is 35.1 Å². The van der Waals surface area contributed by atoms with Crippen molar-refractivity contribution in [3.63, 3.8) is 0 Å². The molecule has 9 heteroatoms. The van der Waals surface area contributed by atoms with Gasteiger partial charge in [-0.1, -0.05) is 13.3 Å². The van der Waals surface area contributed by atoms with Crippen molar-refractivity contribution in [2.45, 2.75) is 6.92 Å². The zero-order valence-corrected chi connectivity index (χ0v) is 15.2. The van der Waals surface area contributed by atoms with Crippen molar-refractivity contribution in [3.05, 3.63) is 88.5 Å². The summed E-state index contributed by atoms with van der Waals surface area (Å²) in [6.07, 6.45) is 0. The molecule has 0 aliphatic carbocycles. The largest absolute Gasteiger partial charge is 0.394 e. The molecule has 0 nitrogen and oxygen atoms in total. The van der Waals surface area contributed by atoms with Gasteiger partial charge in [0.15, 0.2) is 11.6 Å². The fraction of sp³-hybridized carbons (Fsp3) is 0.0526. The molecule has 0 N–H and O–H groups in total. The lowest BCUT2D eigenvalue weighted by molar-refractivity contribution is 0.498. The Morgan fingerprint density at radius 3 is 1.29 bits per heavy atom. The highest BCUT2D eigenvalue weighted by molar-refractivity contribution is 6.95. The fourth-order valence-electron chi connectivity index (χ4n) is 3.04. The van der Waals surface area contributed by atoms with Gasteiger partial charge in [0.1, 0.15) is 34.9 Å². The molecule has 0 radical (unpaired) electrons. The van der Waals surface area contributed by atoms with Gasteiger partial charge < -0.3 is 0 Å². The molecule has 0 aromatic heterocycles. The second-order valence-electron chi connectivity index (χ2n) is 6.12. The van der Waals surface area contributed by atoms with Gasteiger partial charge in [0.25, 0.3) is 0 Å². The summed E-state index contributed by atoms with van der Waals surface area (Å²) in [7, 11) is 0. The summed E-state index contributed by atoms with van der Waals surface area (Å²) >= 11 is -3.79. The Bertz CT molecular complexity index is 944. The van der Waals surface area contributed by atoms with Crippen LogP contribution in [0.5, 0.6) is 0 Å². The minimum Gasteiger partial charge on any atom is -0.207 e. The van der Waals surface area contributed by atoms with E-state index in [0.29, 0.717) is 18.2 Å². The maximum atomic E-state index is 14.5. The molecule has 3 aromatic rings. The molecule has 0 unspecified atom stereocenters. The normalized spacial score (nSPS) is 11.0. The summed E-state index contributed by atoms with van der Waals surface area (Å²) in [5.41, 5.74) is -0.258. The third-order valence-electron chi connectivity index (χ3n) is 4.32. The topological polar surface area (TPSA) is 0 Å². The minimum absolute atomic E-state index is 0.228. The molecule has 0 heterocycles. The number of rotatable bonds is 3. The molecular weight excluding hydrogens is 407 g/mol. The minimum atomic E-state index is -3.79. The van der Waals surface area contributed by atoms with Crippen LogP contribution in [0, 0.1) is 53.5 Å². The highest BCUT2D eigenvalue weighted by Crippen LogP contribution is 2.14. The van der Waals surface area contributed by atoms with E-state index in [1.807, 2.05) is 0 Å². The quantitative estimate of drug-likeness (QED) is 0.348. The predicted octanol–water partition coefficient (Wildman–Crippen LogP) is 3.62. The molecule has 0 atom stereocenters. The molecule has 0 saturated carbocycles. The zero-order valence-electron chi connectivity index (χ0n) is 14.1. The van der Waals surface area contributed by atoms with E-state index in [1.54, 1.807) is 0 Å². The Hall–Kier alpha value is -2.37. The van der Waals surface area contributed by atoms with Crippen LogP contribution >= 0.6 is 0 Å². The molecule has 0 amide bonds. The molecule has 3 rings (SSSR count). The first-order chi connectivity index (χ1) is 13.1. The van der Waals surface area contributed by atoms with Crippen molar-refractivity contribution in [1.29, 1.82) is 0 Å². The van der Waals surface area contributed by atoms with E-state index < -0.39 is 69.5 Å². The number of halogens is 8. The van der Waals surface area contributed by atoms with Gasteiger partial charge in [0.2, 0.25) is 0 Å². The van der Waals surface area contributed by atoms with Crippen LogP contribution in [-0.2, 0) is 0 Å². The second-order valence-corrected chi connectivity index (χ2v) is 8.85. The molecule has 0 aliphatic rings. The SMILES string of the molecule is Cc1c(F)cc(F)c[c]1[Al]([c]1cc(F)cc(F)c1F)[c]1cc(F)cc(F)c1F. The number of hydrogen-bond acceptors (Lipinski definition) is 0. The van der Waals surface area contributed by atoms with Crippen molar-refractivity contribution in [1.82, 2.24) is 0 Å². The molecule has 144 valence electrons. The van der Waals surface area contributed by atoms with Crippen LogP contribution in [0.3, 0.4) is 0 Å². The number of hydrogen-bond donors (Lipinski definition) is 0. The Labute approximate surface area is 158 Å². The summed E-state index contributed by atoms with van der Waals surface area (Å²) in [6, 6.07) is 2.76. The van der Waals surface area contributed by atoms with Crippen LogP contribution in [-0.4, -0.2) is 14.1 Å². The van der Waals surface area contributed by atoms with Crippen LogP contribution in [0.2, 0.25) is 0 Å². The van der Waals surface area contributed by atoms with Crippen molar-refractivity contribution in [2.24, 2.45) is 0 Å². The predicted molar refractivity (Wildman–Crippen MR) is 88.4 cm³/mol. The monoisotopic (exact) mass is 416 g/mol. The van der Waals surface area contributed by atoms with E-state index in [4.69, 9.17) is 0 Å². The van der Waals surface area contributed by atoms with E-state index in [2.05, 4.69) is 0 Å². The summed E-state index contributed by atoms with van der Waals surface area (Å²) in [6.45, 7) is 1.16. The van der Waals surface area contributed by atoms with Gasteiger partial charge in [0, 0.05) is 18.2 Å². The van der Waals surface area contributed by atoms with E-state index in [-0.39, 0.29) is 22.1 Å². The van der Waals surface area contributed by atoms with Gasteiger partial charge in [0.05, 0.1) is 0 Å². The van der Waals surface area contributed by atoms with E-state index in [0.717, 1.165) is 13.0 Å². The third-order valence-corrected chi connectivity index (χ3v) is 7.63. The van der Waals surface area contributed by atoms with Gasteiger partial charge >= 0.3 is 14.1 Å². The Morgan fingerprint density at radius 2 is 0.857 bits per heavy atom. The van der Waals surface area contributed by atoms with Crippen molar-refractivity contribution in [2.75, 3.05) is 0 Å². The molecule has 0 spiro atoms. The molecular formula is C19H9AlF8. The van der Waals surface area contributed by atoms with Crippen molar-refractivity contribution in [3.8, 4) is 0 Å². The first kappa shape index (κ1) is 20.4. The average Bonchev–Trinajstić information content (AvgIpc) is 2.60. The van der Waals surface area contributed by atoms with Gasteiger partial charge in [-0.2, -0.15) is 0 Å². The maximum Gasteiger partial charge on any atom is 0.394 e. The van der Waals surface area contributed by atoms with Gasteiger partial charge in [-0.05, 0) is 30.7 Å². The smallest absolute Gasteiger partial charge is 0.207 e. The van der Waals surface area contributed by atoms with Crippen molar-refractivity contribution >= 4 is 27.4 Å². The van der Waals surface area contributed by atoms with Crippen LogP contribution in [0.25, 0.3) is 0 Å². The van der Waals surface area contributed by atoms with Crippen LogP contribution in [0.4, 0.5) is 35.1 Å². The Morgan fingerprint density at radius 1 is 0.500 bits per heavy atom. The molecule has 0 bridgehead atoms. The lowest BCUT2D eigenvalue weighted by Crippen LogP contribution is -2.56. The van der Waals surface area contributed by atoms with E-state index in [9.17, 15) is 35.1 Å². The van der Waals surface area contributed by atoms with Gasteiger partial charge in [-0.15, -0.1) is 0 Å². The lowest BCUT2D eigenvalue weighted by atomic mass is 10.2. The first-order valence-electron chi connectivity index (χ1n) is 7.84. The van der Waals surface area contributed by atoms with Crippen LogP contribution in [0.1, 0.15) is 5.56 Å². The first-order valence-corrected chi connectivity index (χ1v) is 9.57. The number of benzene rings is 3. The van der Waals surface area contributed by atoms with Gasteiger partial charge in [-0.3, -0.25) is 0 Å². The second kappa shape index (κ2) is 7.57. The summed E-state index contributed by atoms with van der Waals surface area (Å²) < 4.78 is 110. The third kappa shape index (κ3) is 3.64. The lowest BCUT2D eigenvalue weighted by Gasteiger charge is -2.19. The Kier molecular flexibility index (Phi) is 5.51. The summed E-state index contributed by atoms with van der Waals surface area (Å²) in [4.78, 5) is 0. The zero-order chi connectivity index (χ0) is 20.7. The standard InChI is InChI=1S/C7H5F2.2C6H2F3.Al/c1-5-2-3-6(8)4-7(5)9;2*7-4-1-2-5(8)6(9)3-4;/h3-4H,1H3;2*1,3H;. The van der Waals surface area contributed by atoms with E-state index in [1.165, 1.54) is 0 Å². The Balaban J connectivity index is 2.44. The molecule has 0 fully saturated rings. The maximum absolute atomic E-state index is 14.5. The molecule has 0 aliphatic heterocycles. The van der Waals surface area contributed by atoms with Gasteiger partial charge in [-0.25, -0.2) is 35.1 Å². The summed E-state index contributed by atoms with van der Waals surface area (Å²) in [5, 5.41) is 0. The van der Waals surface area contributed by atoms with Crippen LogP contribution < -0.4 is 13.3 Å². The molecule has 28 heavy (non-hydrogen) atoms. The van der Waals surface area contributed by atoms with Crippen LogP contribution in [0.15, 0.2) is 36.4 Å².